The molecule has 0 fully saturated rings. The maximum atomic E-state index is 7.31. The summed E-state index contributed by atoms with van der Waals surface area (Å²) in [6, 6.07) is 27.0. The molecule has 2 N–H and O–H groups in total. The molecule has 0 amide bonds. The number of hydrogen-bond donors (Lipinski definition) is 1. The first kappa shape index (κ1) is 24.3. The molecule has 0 saturated heterocycles. The van der Waals surface area contributed by atoms with Crippen LogP contribution in [-0.4, -0.2) is 0 Å². The summed E-state index contributed by atoms with van der Waals surface area (Å²) in [5, 5.41) is 0. The van der Waals surface area contributed by atoms with E-state index in [1.165, 1.54) is 55.2 Å². The Bertz CT molecular complexity index is 795. The number of unbranched alkanes of at least 4 members (excludes halogenated alkanes) is 3. The first-order chi connectivity index (χ1) is 15.6. The second kappa shape index (κ2) is 12.0. The van der Waals surface area contributed by atoms with Crippen LogP contribution in [-0.2, 0) is 24.8 Å². The van der Waals surface area contributed by atoms with Gasteiger partial charge in [0, 0.05) is 0 Å². The number of aryl methyl sites for hydroxylation is 3. The normalized spacial score (nSPS) is 11.6. The van der Waals surface area contributed by atoms with E-state index in [9.17, 15) is 0 Å². The van der Waals surface area contributed by atoms with Crippen LogP contribution in [0.1, 0.15) is 92.7 Å². The first-order valence-electron chi connectivity index (χ1n) is 12.7. The second-order valence-electron chi connectivity index (χ2n) is 9.21. The Kier molecular flexibility index (Phi) is 9.11. The molecule has 0 aliphatic rings. The zero-order valence-electron chi connectivity index (χ0n) is 20.4. The Morgan fingerprint density at radius 3 is 0.938 bits per heavy atom. The highest BCUT2D eigenvalue weighted by Crippen LogP contribution is 2.35. The smallest absolute Gasteiger partial charge is 0.0922 e. The maximum absolute atomic E-state index is 7.31. The van der Waals surface area contributed by atoms with Crippen LogP contribution in [0.15, 0.2) is 72.8 Å². The summed E-state index contributed by atoms with van der Waals surface area (Å²) in [4.78, 5) is 0. The van der Waals surface area contributed by atoms with Crippen LogP contribution in [0.3, 0.4) is 0 Å². The topological polar surface area (TPSA) is 26.0 Å². The van der Waals surface area contributed by atoms with E-state index in [1.54, 1.807) is 0 Å². The van der Waals surface area contributed by atoms with E-state index < -0.39 is 5.54 Å². The molecule has 0 heterocycles. The van der Waals surface area contributed by atoms with Crippen molar-refractivity contribution in [2.75, 3.05) is 0 Å². The lowest BCUT2D eigenvalue weighted by molar-refractivity contribution is 0.650. The van der Waals surface area contributed by atoms with Crippen molar-refractivity contribution in [1.82, 2.24) is 0 Å². The van der Waals surface area contributed by atoms with Crippen LogP contribution in [0.25, 0.3) is 0 Å². The molecule has 3 aromatic rings. The van der Waals surface area contributed by atoms with Crippen molar-refractivity contribution in [1.29, 1.82) is 0 Å². The SMILES string of the molecule is CCCCc1ccc(C(N)(c2ccc(CCCC)cc2)c2ccc(CCCC)cc2)cc1. The number of nitrogens with two attached hydrogens (primary N) is 1. The molecule has 170 valence electrons. The van der Waals surface area contributed by atoms with Gasteiger partial charge in [-0.25, -0.2) is 0 Å². The third kappa shape index (κ3) is 5.90. The average Bonchev–Trinajstić information content (AvgIpc) is 2.85. The lowest BCUT2D eigenvalue weighted by atomic mass is 9.77. The molecule has 0 saturated carbocycles. The predicted molar refractivity (Wildman–Crippen MR) is 139 cm³/mol. The van der Waals surface area contributed by atoms with Gasteiger partial charge in [-0.2, -0.15) is 0 Å². The Morgan fingerprint density at radius 1 is 0.469 bits per heavy atom. The average molecular weight is 428 g/mol. The molecule has 1 heteroatoms. The second-order valence-corrected chi connectivity index (χ2v) is 9.21. The first-order valence-corrected chi connectivity index (χ1v) is 12.7. The predicted octanol–water partition coefficient (Wildman–Crippen LogP) is 7.97. The largest absolute Gasteiger partial charge is 0.314 e. The summed E-state index contributed by atoms with van der Waals surface area (Å²) < 4.78 is 0. The molecule has 32 heavy (non-hydrogen) atoms. The lowest BCUT2D eigenvalue weighted by Gasteiger charge is -2.32. The molecule has 0 atom stereocenters. The summed E-state index contributed by atoms with van der Waals surface area (Å²) in [7, 11) is 0. The van der Waals surface area contributed by atoms with E-state index in [2.05, 4.69) is 93.6 Å². The highest BCUT2D eigenvalue weighted by Gasteiger charge is 2.32. The lowest BCUT2D eigenvalue weighted by Crippen LogP contribution is -2.39. The van der Waals surface area contributed by atoms with Crippen molar-refractivity contribution < 1.29 is 0 Å². The van der Waals surface area contributed by atoms with E-state index in [-0.39, 0.29) is 0 Å². The molecule has 0 aliphatic heterocycles. The number of hydrogen-bond acceptors (Lipinski definition) is 1. The van der Waals surface area contributed by atoms with Gasteiger partial charge in [0.15, 0.2) is 0 Å². The van der Waals surface area contributed by atoms with Gasteiger partial charge in [-0.3, -0.25) is 0 Å². The molecule has 0 bridgehead atoms. The molecular weight excluding hydrogens is 386 g/mol. The van der Waals surface area contributed by atoms with Gasteiger partial charge in [0.2, 0.25) is 0 Å². The van der Waals surface area contributed by atoms with Crippen molar-refractivity contribution in [2.24, 2.45) is 5.73 Å². The summed E-state index contributed by atoms with van der Waals surface area (Å²) in [6.45, 7) is 6.73. The zero-order chi connectivity index (χ0) is 22.8. The van der Waals surface area contributed by atoms with E-state index in [4.69, 9.17) is 5.73 Å². The van der Waals surface area contributed by atoms with Gasteiger partial charge in [-0.1, -0.05) is 113 Å². The Balaban J connectivity index is 1.98. The van der Waals surface area contributed by atoms with Crippen LogP contribution in [0.2, 0.25) is 0 Å². The van der Waals surface area contributed by atoms with E-state index >= 15 is 0 Å². The van der Waals surface area contributed by atoms with E-state index in [0.29, 0.717) is 0 Å². The van der Waals surface area contributed by atoms with Crippen LogP contribution in [0.4, 0.5) is 0 Å². The molecule has 3 rings (SSSR count). The molecule has 0 spiro atoms. The Labute approximate surface area is 196 Å². The third-order valence-corrected chi connectivity index (χ3v) is 6.68. The van der Waals surface area contributed by atoms with Gasteiger partial charge in [0.25, 0.3) is 0 Å². The van der Waals surface area contributed by atoms with Gasteiger partial charge >= 0.3 is 0 Å². The van der Waals surface area contributed by atoms with Crippen LogP contribution in [0.5, 0.6) is 0 Å². The van der Waals surface area contributed by atoms with Gasteiger partial charge < -0.3 is 5.73 Å². The summed E-state index contributed by atoms with van der Waals surface area (Å²) in [5.74, 6) is 0. The minimum absolute atomic E-state index is 0.657. The monoisotopic (exact) mass is 427 g/mol. The highest BCUT2D eigenvalue weighted by atomic mass is 14.7. The Morgan fingerprint density at radius 2 is 0.719 bits per heavy atom. The molecular formula is C31H41N. The van der Waals surface area contributed by atoms with E-state index in [0.717, 1.165) is 36.0 Å². The highest BCUT2D eigenvalue weighted by molar-refractivity contribution is 5.50. The van der Waals surface area contributed by atoms with Gasteiger partial charge in [0.05, 0.1) is 5.54 Å². The van der Waals surface area contributed by atoms with E-state index in [1.807, 2.05) is 0 Å². The minimum Gasteiger partial charge on any atom is -0.314 e. The standard InChI is InChI=1S/C31H41N/c1-4-7-10-25-13-19-28(20-14-25)31(32,29-21-15-26(16-22-29)11-8-5-2)30-23-17-27(18-24-30)12-9-6-3/h13-24H,4-12,32H2,1-3H3. The van der Waals surface area contributed by atoms with Crippen molar-refractivity contribution in [3.05, 3.63) is 106 Å². The maximum Gasteiger partial charge on any atom is 0.0922 e. The molecule has 0 radical (unpaired) electrons. The molecule has 3 aromatic carbocycles. The Hall–Kier alpha value is -2.38. The van der Waals surface area contributed by atoms with Crippen molar-refractivity contribution >= 4 is 0 Å². The molecule has 0 aliphatic carbocycles. The van der Waals surface area contributed by atoms with Gasteiger partial charge in [-0.05, 0) is 71.9 Å². The zero-order valence-corrected chi connectivity index (χ0v) is 20.4. The minimum atomic E-state index is -0.657. The third-order valence-electron chi connectivity index (χ3n) is 6.68. The van der Waals surface area contributed by atoms with Crippen LogP contribution >= 0.6 is 0 Å². The van der Waals surface area contributed by atoms with Crippen LogP contribution in [0, 0.1) is 0 Å². The number of benzene rings is 3. The number of rotatable bonds is 12. The quantitative estimate of drug-likeness (QED) is 0.291. The summed E-state index contributed by atoms with van der Waals surface area (Å²) in [6.07, 6.45) is 10.7. The fourth-order valence-electron chi connectivity index (χ4n) is 4.45. The van der Waals surface area contributed by atoms with Crippen molar-refractivity contribution in [3.63, 3.8) is 0 Å². The summed E-state index contributed by atoms with van der Waals surface area (Å²) in [5.41, 5.74) is 14.3. The van der Waals surface area contributed by atoms with Gasteiger partial charge in [0.1, 0.15) is 0 Å². The molecule has 0 aromatic heterocycles. The summed E-state index contributed by atoms with van der Waals surface area (Å²) >= 11 is 0. The fourth-order valence-corrected chi connectivity index (χ4v) is 4.45. The van der Waals surface area contributed by atoms with Crippen molar-refractivity contribution in [2.45, 2.75) is 84.1 Å². The molecule has 0 unspecified atom stereocenters. The fraction of sp³-hybridized carbons (Fsp3) is 0.419. The molecule has 1 nitrogen and oxygen atoms in total. The van der Waals surface area contributed by atoms with Gasteiger partial charge in [-0.15, -0.1) is 0 Å². The van der Waals surface area contributed by atoms with Crippen LogP contribution < -0.4 is 5.73 Å². The van der Waals surface area contributed by atoms with Crippen molar-refractivity contribution in [3.8, 4) is 0 Å².